The molecule has 0 saturated carbocycles. The van der Waals surface area contributed by atoms with Crippen molar-refractivity contribution in [2.45, 2.75) is 31.7 Å². The summed E-state index contributed by atoms with van der Waals surface area (Å²) in [6, 6.07) is 9.95. The van der Waals surface area contributed by atoms with Gasteiger partial charge in [0.15, 0.2) is 0 Å². The predicted octanol–water partition coefficient (Wildman–Crippen LogP) is 1.31. The summed E-state index contributed by atoms with van der Waals surface area (Å²) < 4.78 is 0. The molecule has 1 unspecified atom stereocenters. The maximum Gasteiger partial charge on any atom is 0.239 e. The predicted molar refractivity (Wildman–Crippen MR) is 81.2 cm³/mol. The molecule has 0 spiro atoms. The Bertz CT molecular complexity index is 435. The van der Waals surface area contributed by atoms with Gasteiger partial charge in [-0.3, -0.25) is 4.79 Å². The SMILES string of the molecule is CCCC(N)C(=O)N1C[C@@H](CN)[C@H](c2ccccc2)C1. The molecule has 20 heavy (non-hydrogen) atoms. The van der Waals surface area contributed by atoms with Crippen molar-refractivity contribution in [3.63, 3.8) is 0 Å². The first kappa shape index (κ1) is 15.0. The van der Waals surface area contributed by atoms with Gasteiger partial charge in [0.25, 0.3) is 0 Å². The number of nitrogens with zero attached hydrogens (tertiary/aromatic N) is 1. The minimum Gasteiger partial charge on any atom is -0.340 e. The molecule has 4 nitrogen and oxygen atoms in total. The van der Waals surface area contributed by atoms with Gasteiger partial charge < -0.3 is 16.4 Å². The number of hydrogen-bond acceptors (Lipinski definition) is 3. The van der Waals surface area contributed by atoms with Crippen LogP contribution in [0.15, 0.2) is 30.3 Å². The van der Waals surface area contributed by atoms with Crippen LogP contribution >= 0.6 is 0 Å². The summed E-state index contributed by atoms with van der Waals surface area (Å²) in [6.07, 6.45) is 1.68. The second-order valence-electron chi connectivity index (χ2n) is 5.65. The topological polar surface area (TPSA) is 72.4 Å². The average molecular weight is 275 g/mol. The molecule has 0 bridgehead atoms. The van der Waals surface area contributed by atoms with Crippen molar-refractivity contribution in [1.29, 1.82) is 0 Å². The van der Waals surface area contributed by atoms with Crippen LogP contribution < -0.4 is 11.5 Å². The molecule has 1 saturated heterocycles. The summed E-state index contributed by atoms with van der Waals surface area (Å²) in [7, 11) is 0. The molecule has 4 heteroatoms. The highest BCUT2D eigenvalue weighted by Gasteiger charge is 2.36. The fourth-order valence-corrected chi connectivity index (χ4v) is 3.04. The summed E-state index contributed by atoms with van der Waals surface area (Å²) in [5.74, 6) is 0.734. The molecule has 1 fully saturated rings. The van der Waals surface area contributed by atoms with E-state index >= 15 is 0 Å². The standard InChI is InChI=1S/C16H25N3O/c1-2-6-15(18)16(20)19-10-13(9-17)14(11-19)12-7-4-3-5-8-12/h3-5,7-8,13-15H,2,6,9-11,17-18H2,1H3/t13-,14+,15?/m1/s1. The van der Waals surface area contributed by atoms with Crippen LogP contribution in [-0.4, -0.2) is 36.5 Å². The first-order chi connectivity index (χ1) is 9.67. The lowest BCUT2D eigenvalue weighted by atomic mass is 9.89. The maximum absolute atomic E-state index is 12.3. The van der Waals surface area contributed by atoms with Crippen LogP contribution in [-0.2, 0) is 4.79 Å². The minimum absolute atomic E-state index is 0.0729. The summed E-state index contributed by atoms with van der Waals surface area (Å²) >= 11 is 0. The molecule has 0 aliphatic carbocycles. The quantitative estimate of drug-likeness (QED) is 0.851. The Morgan fingerprint density at radius 1 is 1.35 bits per heavy atom. The molecule has 0 radical (unpaired) electrons. The number of rotatable bonds is 5. The molecule has 2 rings (SSSR count). The Labute approximate surface area is 121 Å². The Morgan fingerprint density at radius 2 is 2.05 bits per heavy atom. The van der Waals surface area contributed by atoms with Gasteiger partial charge in [0.2, 0.25) is 5.91 Å². The van der Waals surface area contributed by atoms with Gasteiger partial charge in [-0.25, -0.2) is 0 Å². The molecule has 1 heterocycles. The molecule has 3 atom stereocenters. The summed E-state index contributed by atoms with van der Waals surface area (Å²) in [4.78, 5) is 14.2. The van der Waals surface area contributed by atoms with Gasteiger partial charge in [0, 0.05) is 19.0 Å². The summed E-state index contributed by atoms with van der Waals surface area (Å²) in [6.45, 7) is 4.12. The number of nitrogens with two attached hydrogens (primary N) is 2. The molecule has 1 aromatic carbocycles. The van der Waals surface area contributed by atoms with E-state index in [2.05, 4.69) is 12.1 Å². The van der Waals surface area contributed by atoms with Crippen molar-refractivity contribution in [3.05, 3.63) is 35.9 Å². The van der Waals surface area contributed by atoms with E-state index in [4.69, 9.17) is 11.5 Å². The van der Waals surface area contributed by atoms with Gasteiger partial charge in [-0.05, 0) is 24.4 Å². The number of carbonyl (C=O) groups is 1. The van der Waals surface area contributed by atoms with Gasteiger partial charge in [-0.1, -0.05) is 43.7 Å². The van der Waals surface area contributed by atoms with Gasteiger partial charge in [0.1, 0.15) is 0 Å². The zero-order valence-corrected chi connectivity index (χ0v) is 12.2. The zero-order chi connectivity index (χ0) is 14.5. The molecule has 0 aromatic heterocycles. The summed E-state index contributed by atoms with van der Waals surface area (Å²) in [5, 5.41) is 0. The van der Waals surface area contributed by atoms with Crippen molar-refractivity contribution in [2.24, 2.45) is 17.4 Å². The van der Waals surface area contributed by atoms with Crippen LogP contribution in [0.4, 0.5) is 0 Å². The van der Waals surface area contributed by atoms with E-state index < -0.39 is 0 Å². The van der Waals surface area contributed by atoms with Gasteiger partial charge in [-0.15, -0.1) is 0 Å². The normalized spacial score (nSPS) is 23.9. The third-order valence-electron chi connectivity index (χ3n) is 4.20. The molecule has 1 amide bonds. The molecule has 110 valence electrons. The Morgan fingerprint density at radius 3 is 2.65 bits per heavy atom. The van der Waals surface area contributed by atoms with E-state index in [0.717, 1.165) is 25.9 Å². The number of benzene rings is 1. The number of amides is 1. The number of hydrogen-bond donors (Lipinski definition) is 2. The minimum atomic E-state index is -0.368. The molecule has 4 N–H and O–H groups in total. The van der Waals surface area contributed by atoms with Crippen molar-refractivity contribution >= 4 is 5.91 Å². The van der Waals surface area contributed by atoms with E-state index in [1.165, 1.54) is 5.56 Å². The third kappa shape index (κ3) is 3.19. The van der Waals surface area contributed by atoms with Gasteiger partial charge in [0.05, 0.1) is 6.04 Å². The van der Waals surface area contributed by atoms with Crippen molar-refractivity contribution in [3.8, 4) is 0 Å². The van der Waals surface area contributed by atoms with Crippen LogP contribution in [0, 0.1) is 5.92 Å². The van der Waals surface area contributed by atoms with Crippen LogP contribution in [0.5, 0.6) is 0 Å². The van der Waals surface area contributed by atoms with Gasteiger partial charge in [-0.2, -0.15) is 0 Å². The maximum atomic E-state index is 12.3. The van der Waals surface area contributed by atoms with Crippen molar-refractivity contribution < 1.29 is 4.79 Å². The Kier molecular flexibility index (Phi) is 5.15. The van der Waals surface area contributed by atoms with Crippen LogP contribution in [0.25, 0.3) is 0 Å². The molecule has 1 aliphatic heterocycles. The largest absolute Gasteiger partial charge is 0.340 e. The smallest absolute Gasteiger partial charge is 0.239 e. The van der Waals surface area contributed by atoms with Crippen molar-refractivity contribution in [1.82, 2.24) is 4.90 Å². The van der Waals surface area contributed by atoms with Gasteiger partial charge >= 0.3 is 0 Å². The van der Waals surface area contributed by atoms with E-state index in [-0.39, 0.29) is 11.9 Å². The lowest BCUT2D eigenvalue weighted by molar-refractivity contribution is -0.131. The van der Waals surface area contributed by atoms with E-state index in [9.17, 15) is 4.79 Å². The highest BCUT2D eigenvalue weighted by atomic mass is 16.2. The highest BCUT2D eigenvalue weighted by Crippen LogP contribution is 2.32. The van der Waals surface area contributed by atoms with Crippen LogP contribution in [0.2, 0.25) is 0 Å². The highest BCUT2D eigenvalue weighted by molar-refractivity contribution is 5.82. The Hall–Kier alpha value is -1.39. The molecule has 1 aliphatic rings. The molecule has 1 aromatic rings. The lowest BCUT2D eigenvalue weighted by Gasteiger charge is -2.20. The fraction of sp³-hybridized carbons (Fsp3) is 0.562. The first-order valence-corrected chi connectivity index (χ1v) is 7.46. The Balaban J connectivity index is 2.08. The van der Waals surface area contributed by atoms with E-state index in [1.807, 2.05) is 30.0 Å². The third-order valence-corrected chi connectivity index (χ3v) is 4.20. The average Bonchev–Trinajstić information content (AvgIpc) is 2.91. The number of likely N-dealkylation sites (tertiary alicyclic amines) is 1. The second-order valence-corrected chi connectivity index (χ2v) is 5.65. The second kappa shape index (κ2) is 6.86. The molecular formula is C16H25N3O. The monoisotopic (exact) mass is 275 g/mol. The van der Waals surface area contributed by atoms with Crippen LogP contribution in [0.1, 0.15) is 31.2 Å². The molecular weight excluding hydrogens is 250 g/mol. The first-order valence-electron chi connectivity index (χ1n) is 7.46. The lowest BCUT2D eigenvalue weighted by Crippen LogP contribution is -2.42. The van der Waals surface area contributed by atoms with E-state index in [0.29, 0.717) is 18.4 Å². The van der Waals surface area contributed by atoms with Crippen molar-refractivity contribution in [2.75, 3.05) is 19.6 Å². The van der Waals surface area contributed by atoms with E-state index in [1.54, 1.807) is 0 Å². The van der Waals surface area contributed by atoms with Crippen LogP contribution in [0.3, 0.4) is 0 Å². The fourth-order valence-electron chi connectivity index (χ4n) is 3.04. The summed E-state index contributed by atoms with van der Waals surface area (Å²) in [5.41, 5.74) is 13.1. The zero-order valence-electron chi connectivity index (χ0n) is 12.2. The number of carbonyl (C=O) groups excluding carboxylic acids is 1.